The molecule has 0 saturated heterocycles. The predicted octanol–water partition coefficient (Wildman–Crippen LogP) is 3.32. The van der Waals surface area contributed by atoms with Crippen molar-refractivity contribution in [3.05, 3.63) is 54.0 Å². The van der Waals surface area contributed by atoms with Gasteiger partial charge in [0, 0.05) is 19.6 Å². The maximum absolute atomic E-state index is 10.3. The predicted molar refractivity (Wildman–Crippen MR) is 97.5 cm³/mol. The Balaban J connectivity index is 1.85. The Hall–Kier alpha value is -1.82. The second-order valence-corrected chi connectivity index (χ2v) is 6.69. The third-order valence-electron chi connectivity index (χ3n) is 3.77. The Labute approximate surface area is 150 Å². The summed E-state index contributed by atoms with van der Waals surface area (Å²) >= 11 is 0. The Morgan fingerprint density at radius 1 is 1.16 bits per heavy atom. The van der Waals surface area contributed by atoms with Crippen molar-refractivity contribution >= 4 is 0 Å². The highest BCUT2D eigenvalue weighted by atomic mass is 16.5. The number of furan rings is 1. The molecule has 2 rings (SSSR count). The molecule has 0 bridgehead atoms. The van der Waals surface area contributed by atoms with Gasteiger partial charge >= 0.3 is 0 Å². The Kier molecular flexibility index (Phi) is 7.98. The van der Waals surface area contributed by atoms with Gasteiger partial charge in [0.05, 0.1) is 26.1 Å². The largest absolute Gasteiger partial charge is 0.497 e. The molecule has 0 aliphatic carbocycles. The number of benzene rings is 1. The van der Waals surface area contributed by atoms with Crippen LogP contribution in [0.1, 0.15) is 25.2 Å². The van der Waals surface area contributed by atoms with E-state index in [1.165, 1.54) is 5.56 Å². The third-order valence-corrected chi connectivity index (χ3v) is 3.77. The lowest BCUT2D eigenvalue weighted by Gasteiger charge is -2.27. The number of aliphatic hydroxyl groups is 1. The van der Waals surface area contributed by atoms with E-state index in [1.54, 1.807) is 13.4 Å². The van der Waals surface area contributed by atoms with Crippen LogP contribution in [0.5, 0.6) is 5.75 Å². The Morgan fingerprint density at radius 2 is 2.00 bits per heavy atom. The van der Waals surface area contributed by atoms with E-state index in [2.05, 4.69) is 24.8 Å². The smallest absolute Gasteiger partial charge is 0.129 e. The highest BCUT2D eigenvalue weighted by Crippen LogP contribution is 2.15. The molecule has 1 aromatic heterocycles. The molecule has 1 N–H and O–H groups in total. The second kappa shape index (κ2) is 10.2. The zero-order valence-corrected chi connectivity index (χ0v) is 15.4. The fourth-order valence-electron chi connectivity index (χ4n) is 2.79. The molecule has 0 unspecified atom stereocenters. The van der Waals surface area contributed by atoms with Crippen LogP contribution in [0.25, 0.3) is 0 Å². The summed E-state index contributed by atoms with van der Waals surface area (Å²) in [6.07, 6.45) is 1.08. The van der Waals surface area contributed by atoms with Crippen LogP contribution in [-0.4, -0.2) is 42.9 Å². The van der Waals surface area contributed by atoms with Gasteiger partial charge in [-0.1, -0.05) is 26.0 Å². The normalized spacial score (nSPS) is 12.7. The van der Waals surface area contributed by atoms with E-state index in [4.69, 9.17) is 13.9 Å². The molecule has 5 heteroatoms. The number of hydrogen-bond acceptors (Lipinski definition) is 5. The first-order valence-electron chi connectivity index (χ1n) is 8.70. The van der Waals surface area contributed by atoms with E-state index in [-0.39, 0.29) is 6.61 Å². The summed E-state index contributed by atoms with van der Waals surface area (Å²) in [4.78, 5) is 2.25. The molecular weight excluding hydrogens is 318 g/mol. The maximum Gasteiger partial charge on any atom is 0.129 e. The van der Waals surface area contributed by atoms with Crippen molar-refractivity contribution in [1.29, 1.82) is 0 Å². The van der Waals surface area contributed by atoms with Crippen molar-refractivity contribution in [2.24, 2.45) is 5.92 Å². The first kappa shape index (κ1) is 19.5. The quantitative estimate of drug-likeness (QED) is 0.676. The lowest BCUT2D eigenvalue weighted by atomic mass is 10.1. The van der Waals surface area contributed by atoms with Crippen LogP contribution in [0.3, 0.4) is 0 Å². The number of ether oxygens (including phenoxy) is 2. The molecule has 1 heterocycles. The van der Waals surface area contributed by atoms with Gasteiger partial charge in [0.2, 0.25) is 0 Å². The molecule has 0 saturated carbocycles. The van der Waals surface area contributed by atoms with Gasteiger partial charge in [0.1, 0.15) is 18.1 Å². The van der Waals surface area contributed by atoms with Crippen LogP contribution in [0.4, 0.5) is 0 Å². The molecule has 0 aliphatic heterocycles. The molecule has 2 aromatic rings. The van der Waals surface area contributed by atoms with Crippen molar-refractivity contribution in [2.45, 2.75) is 33.1 Å². The lowest BCUT2D eigenvalue weighted by Crippen LogP contribution is -2.36. The van der Waals surface area contributed by atoms with Crippen molar-refractivity contribution < 1.29 is 19.0 Å². The molecule has 0 amide bonds. The highest BCUT2D eigenvalue weighted by Gasteiger charge is 2.14. The van der Waals surface area contributed by atoms with Gasteiger partial charge in [-0.2, -0.15) is 0 Å². The van der Waals surface area contributed by atoms with E-state index in [1.807, 2.05) is 30.3 Å². The monoisotopic (exact) mass is 347 g/mol. The minimum absolute atomic E-state index is 0.285. The highest BCUT2D eigenvalue weighted by molar-refractivity contribution is 5.28. The van der Waals surface area contributed by atoms with Gasteiger partial charge in [0.15, 0.2) is 0 Å². The summed E-state index contributed by atoms with van der Waals surface area (Å²) in [5.41, 5.74) is 1.17. The number of rotatable bonds is 11. The summed E-state index contributed by atoms with van der Waals surface area (Å²) in [5, 5.41) is 10.3. The molecule has 25 heavy (non-hydrogen) atoms. The molecular formula is C20H29NO4. The van der Waals surface area contributed by atoms with E-state index in [0.717, 1.165) is 24.6 Å². The average Bonchev–Trinajstić information content (AvgIpc) is 3.07. The van der Waals surface area contributed by atoms with Gasteiger partial charge in [-0.3, -0.25) is 4.90 Å². The topological polar surface area (TPSA) is 55.1 Å². The van der Waals surface area contributed by atoms with E-state index in [0.29, 0.717) is 19.1 Å². The first-order chi connectivity index (χ1) is 12.1. The molecule has 5 nitrogen and oxygen atoms in total. The van der Waals surface area contributed by atoms with Gasteiger partial charge in [0.25, 0.3) is 0 Å². The van der Waals surface area contributed by atoms with Crippen LogP contribution in [0.2, 0.25) is 0 Å². The van der Waals surface area contributed by atoms with E-state index in [9.17, 15) is 5.11 Å². The second-order valence-electron chi connectivity index (χ2n) is 6.69. The van der Waals surface area contributed by atoms with Crippen molar-refractivity contribution in [3.8, 4) is 5.75 Å². The molecule has 0 aliphatic rings. The van der Waals surface area contributed by atoms with Crippen LogP contribution in [-0.2, 0) is 17.9 Å². The fraction of sp³-hybridized carbons (Fsp3) is 0.500. The van der Waals surface area contributed by atoms with Crippen molar-refractivity contribution in [1.82, 2.24) is 4.90 Å². The van der Waals surface area contributed by atoms with E-state index >= 15 is 0 Å². The number of methoxy groups -OCH3 is 1. The van der Waals surface area contributed by atoms with Gasteiger partial charge < -0.3 is 19.0 Å². The minimum atomic E-state index is -0.542. The molecule has 138 valence electrons. The SMILES string of the molecule is COc1cccc(CN(CC(C)C)C[C@@H](O)COCc2ccco2)c1. The lowest BCUT2D eigenvalue weighted by molar-refractivity contribution is 0.00223. The number of nitrogens with zero attached hydrogens (tertiary/aromatic N) is 1. The van der Waals surface area contributed by atoms with Crippen LogP contribution in [0, 0.1) is 5.92 Å². The van der Waals surface area contributed by atoms with Crippen LogP contribution >= 0.6 is 0 Å². The maximum atomic E-state index is 10.3. The van der Waals surface area contributed by atoms with Crippen LogP contribution < -0.4 is 4.74 Å². The summed E-state index contributed by atoms with van der Waals surface area (Å²) in [5.74, 6) is 2.13. The summed E-state index contributed by atoms with van der Waals surface area (Å²) in [6, 6.07) is 11.7. The zero-order valence-electron chi connectivity index (χ0n) is 15.4. The standard InChI is InChI=1S/C20H29NO4/c1-16(2)11-21(12-17-6-4-7-19(10-17)23-3)13-18(22)14-24-15-20-8-5-9-25-20/h4-10,16,18,22H,11-15H2,1-3H3/t18-/m1/s1. The number of hydrogen-bond donors (Lipinski definition) is 1. The van der Waals surface area contributed by atoms with E-state index < -0.39 is 6.10 Å². The summed E-state index contributed by atoms with van der Waals surface area (Å²) in [6.45, 7) is 7.26. The molecule has 1 aromatic carbocycles. The Morgan fingerprint density at radius 3 is 2.68 bits per heavy atom. The van der Waals surface area contributed by atoms with Gasteiger partial charge in [-0.05, 0) is 35.7 Å². The van der Waals surface area contributed by atoms with Crippen molar-refractivity contribution in [3.63, 3.8) is 0 Å². The zero-order chi connectivity index (χ0) is 18.1. The van der Waals surface area contributed by atoms with Crippen molar-refractivity contribution in [2.75, 3.05) is 26.8 Å². The average molecular weight is 347 g/mol. The van der Waals surface area contributed by atoms with Gasteiger partial charge in [-0.15, -0.1) is 0 Å². The molecule has 0 spiro atoms. The van der Waals surface area contributed by atoms with Crippen LogP contribution in [0.15, 0.2) is 47.1 Å². The molecule has 0 radical (unpaired) electrons. The number of aliphatic hydroxyl groups excluding tert-OH is 1. The van der Waals surface area contributed by atoms with Gasteiger partial charge in [-0.25, -0.2) is 0 Å². The summed E-state index contributed by atoms with van der Waals surface area (Å²) in [7, 11) is 1.67. The Bertz CT molecular complexity index is 598. The fourth-order valence-corrected chi connectivity index (χ4v) is 2.79. The molecule has 0 fully saturated rings. The third kappa shape index (κ3) is 7.30. The summed E-state index contributed by atoms with van der Waals surface area (Å²) < 4.78 is 16.1. The molecule has 1 atom stereocenters. The minimum Gasteiger partial charge on any atom is -0.497 e. The first-order valence-corrected chi connectivity index (χ1v) is 8.70.